The molecule has 1 aliphatic rings. The fraction of sp³-hybridized carbons (Fsp3) is 0.235. The predicted octanol–water partition coefficient (Wildman–Crippen LogP) is 1.61. The number of carbonyl (C=O) groups is 1. The third kappa shape index (κ3) is 2.98. The molecule has 0 saturated heterocycles. The Morgan fingerprint density at radius 1 is 1.20 bits per heavy atom. The van der Waals surface area contributed by atoms with Gasteiger partial charge in [-0.15, -0.1) is 5.10 Å². The van der Waals surface area contributed by atoms with Crippen molar-refractivity contribution in [1.29, 1.82) is 0 Å². The highest BCUT2D eigenvalue weighted by Gasteiger charge is 2.25. The molecule has 0 fully saturated rings. The molecule has 0 unspecified atom stereocenters. The van der Waals surface area contributed by atoms with Crippen molar-refractivity contribution in [2.45, 2.75) is 13.0 Å². The monoisotopic (exact) mass is 338 g/mol. The Balaban J connectivity index is 1.60. The summed E-state index contributed by atoms with van der Waals surface area (Å²) in [6.45, 7) is 0.977. The first-order valence-corrected chi connectivity index (χ1v) is 7.86. The molecule has 7 nitrogen and oxygen atoms in total. The van der Waals surface area contributed by atoms with Crippen LogP contribution in [-0.4, -0.2) is 42.3 Å². The zero-order valence-electron chi connectivity index (χ0n) is 13.6. The summed E-state index contributed by atoms with van der Waals surface area (Å²) in [5.41, 5.74) is 3.25. The number of nitrogens with zero attached hydrogens (tertiary/aromatic N) is 6. The van der Waals surface area contributed by atoms with Gasteiger partial charge in [-0.1, -0.05) is 0 Å². The summed E-state index contributed by atoms with van der Waals surface area (Å²) in [7, 11) is 1.72. The fourth-order valence-corrected chi connectivity index (χ4v) is 2.84. The molecule has 4 rings (SSSR count). The zero-order chi connectivity index (χ0) is 17.4. The van der Waals surface area contributed by atoms with Crippen LogP contribution in [0.2, 0.25) is 0 Å². The van der Waals surface area contributed by atoms with E-state index in [1.165, 1.54) is 23.1 Å². The van der Waals surface area contributed by atoms with Crippen LogP contribution in [-0.2, 0) is 20.0 Å². The number of carbonyl (C=O) groups excluding carboxylic acids is 1. The molecule has 0 N–H and O–H groups in total. The standard InChI is InChI=1S/C17H15FN6O/c1-23-10-19-16(22-23)17(25)24-7-6-14-12(9-24)8-15(21-20-14)11-2-4-13(18)5-3-11/h2-5,8,10H,6-7,9H2,1H3. The molecule has 0 bridgehead atoms. The summed E-state index contributed by atoms with van der Waals surface area (Å²) >= 11 is 0. The lowest BCUT2D eigenvalue weighted by atomic mass is 10.0. The van der Waals surface area contributed by atoms with Crippen LogP contribution < -0.4 is 0 Å². The summed E-state index contributed by atoms with van der Waals surface area (Å²) in [4.78, 5) is 18.2. The number of aryl methyl sites for hydroxylation is 1. The van der Waals surface area contributed by atoms with E-state index in [0.29, 0.717) is 25.2 Å². The number of hydrogen-bond donors (Lipinski definition) is 0. The second-order valence-electron chi connectivity index (χ2n) is 5.93. The molecular formula is C17H15FN6O. The number of hydrogen-bond acceptors (Lipinski definition) is 5. The molecule has 1 aliphatic heterocycles. The van der Waals surface area contributed by atoms with Gasteiger partial charge >= 0.3 is 0 Å². The van der Waals surface area contributed by atoms with Crippen molar-refractivity contribution in [3.8, 4) is 11.3 Å². The van der Waals surface area contributed by atoms with Gasteiger partial charge in [0.2, 0.25) is 5.82 Å². The summed E-state index contributed by atoms with van der Waals surface area (Å²) in [6.07, 6.45) is 2.13. The molecule has 2 aromatic heterocycles. The van der Waals surface area contributed by atoms with Crippen LogP contribution in [0.3, 0.4) is 0 Å². The molecule has 1 amide bonds. The summed E-state index contributed by atoms with van der Waals surface area (Å²) in [5, 5.41) is 12.6. The Hall–Kier alpha value is -3.16. The van der Waals surface area contributed by atoms with Crippen molar-refractivity contribution in [2.24, 2.45) is 7.05 Å². The molecule has 126 valence electrons. The lowest BCUT2D eigenvalue weighted by molar-refractivity contribution is 0.0720. The Morgan fingerprint density at radius 2 is 2.00 bits per heavy atom. The molecule has 0 atom stereocenters. The maximum Gasteiger partial charge on any atom is 0.293 e. The van der Waals surface area contributed by atoms with Gasteiger partial charge in [-0.05, 0) is 35.9 Å². The second-order valence-corrected chi connectivity index (χ2v) is 5.93. The van der Waals surface area contributed by atoms with Gasteiger partial charge in [0, 0.05) is 32.1 Å². The van der Waals surface area contributed by atoms with Crippen molar-refractivity contribution in [1.82, 2.24) is 29.9 Å². The molecule has 8 heteroatoms. The Kier molecular flexibility index (Phi) is 3.72. The number of aromatic nitrogens is 5. The molecule has 25 heavy (non-hydrogen) atoms. The van der Waals surface area contributed by atoms with Crippen LogP contribution in [0.5, 0.6) is 0 Å². The Bertz CT molecular complexity index is 937. The average Bonchev–Trinajstić information content (AvgIpc) is 3.07. The smallest absolute Gasteiger partial charge is 0.293 e. The molecular weight excluding hydrogens is 323 g/mol. The average molecular weight is 338 g/mol. The van der Waals surface area contributed by atoms with Crippen molar-refractivity contribution in [3.05, 3.63) is 59.6 Å². The minimum Gasteiger partial charge on any atom is -0.331 e. The van der Waals surface area contributed by atoms with Gasteiger partial charge in [-0.3, -0.25) is 9.48 Å². The van der Waals surface area contributed by atoms with Crippen LogP contribution in [0.4, 0.5) is 4.39 Å². The van der Waals surface area contributed by atoms with Crippen molar-refractivity contribution in [3.63, 3.8) is 0 Å². The highest BCUT2D eigenvalue weighted by atomic mass is 19.1. The van der Waals surface area contributed by atoms with Crippen molar-refractivity contribution in [2.75, 3.05) is 6.54 Å². The second kappa shape index (κ2) is 6.04. The van der Waals surface area contributed by atoms with Crippen LogP contribution in [0, 0.1) is 5.82 Å². The summed E-state index contributed by atoms with van der Waals surface area (Å²) in [6, 6.07) is 8.00. The molecule has 0 spiro atoms. The van der Waals surface area contributed by atoms with Gasteiger partial charge in [0.15, 0.2) is 0 Å². The van der Waals surface area contributed by atoms with Gasteiger partial charge in [-0.25, -0.2) is 9.37 Å². The van der Waals surface area contributed by atoms with E-state index in [2.05, 4.69) is 20.3 Å². The van der Waals surface area contributed by atoms with Gasteiger partial charge in [0.25, 0.3) is 5.91 Å². The maximum absolute atomic E-state index is 13.1. The molecule has 0 aliphatic carbocycles. The van der Waals surface area contributed by atoms with E-state index in [-0.39, 0.29) is 17.5 Å². The van der Waals surface area contributed by atoms with E-state index in [9.17, 15) is 9.18 Å². The first-order valence-electron chi connectivity index (χ1n) is 7.86. The third-order valence-corrected chi connectivity index (χ3v) is 4.16. The predicted molar refractivity (Wildman–Crippen MR) is 86.9 cm³/mol. The van der Waals surface area contributed by atoms with Crippen LogP contribution in [0.25, 0.3) is 11.3 Å². The number of halogens is 1. The van der Waals surface area contributed by atoms with E-state index < -0.39 is 0 Å². The quantitative estimate of drug-likeness (QED) is 0.709. The fourth-order valence-electron chi connectivity index (χ4n) is 2.84. The summed E-state index contributed by atoms with van der Waals surface area (Å²) in [5.74, 6) is -0.313. The Labute approximate surface area is 143 Å². The van der Waals surface area contributed by atoms with E-state index >= 15 is 0 Å². The van der Waals surface area contributed by atoms with E-state index in [1.54, 1.807) is 24.1 Å². The first-order chi connectivity index (χ1) is 12.1. The molecule has 3 aromatic rings. The minimum atomic E-state index is -0.297. The van der Waals surface area contributed by atoms with Gasteiger partial charge < -0.3 is 4.90 Å². The Morgan fingerprint density at radius 3 is 2.72 bits per heavy atom. The summed E-state index contributed by atoms with van der Waals surface area (Å²) < 4.78 is 14.6. The topological polar surface area (TPSA) is 76.8 Å². The van der Waals surface area contributed by atoms with Crippen LogP contribution in [0.1, 0.15) is 21.9 Å². The molecule has 0 radical (unpaired) electrons. The van der Waals surface area contributed by atoms with Gasteiger partial charge in [-0.2, -0.15) is 10.2 Å². The highest BCUT2D eigenvalue weighted by molar-refractivity contribution is 5.90. The normalized spacial score (nSPS) is 13.6. The van der Waals surface area contributed by atoms with E-state index in [4.69, 9.17) is 0 Å². The van der Waals surface area contributed by atoms with Crippen molar-refractivity contribution >= 4 is 5.91 Å². The first kappa shape index (κ1) is 15.4. The number of rotatable bonds is 2. The molecule has 3 heterocycles. The lowest BCUT2D eigenvalue weighted by Gasteiger charge is -2.27. The zero-order valence-corrected chi connectivity index (χ0v) is 13.6. The lowest BCUT2D eigenvalue weighted by Crippen LogP contribution is -2.37. The molecule has 1 aromatic carbocycles. The van der Waals surface area contributed by atoms with Crippen molar-refractivity contribution < 1.29 is 9.18 Å². The highest BCUT2D eigenvalue weighted by Crippen LogP contribution is 2.23. The number of amides is 1. The van der Waals surface area contributed by atoms with Crippen LogP contribution in [0.15, 0.2) is 36.7 Å². The third-order valence-electron chi connectivity index (χ3n) is 4.16. The molecule has 0 saturated carbocycles. The van der Waals surface area contributed by atoms with Gasteiger partial charge in [0.05, 0.1) is 11.4 Å². The largest absolute Gasteiger partial charge is 0.331 e. The van der Waals surface area contributed by atoms with E-state index in [0.717, 1.165) is 16.8 Å². The number of benzene rings is 1. The SMILES string of the molecule is Cn1cnc(C(=O)N2CCc3nnc(-c4ccc(F)cc4)cc3C2)n1. The minimum absolute atomic E-state index is 0.187. The maximum atomic E-state index is 13.1. The van der Waals surface area contributed by atoms with E-state index in [1.807, 2.05) is 6.07 Å². The van der Waals surface area contributed by atoms with Crippen LogP contribution >= 0.6 is 0 Å². The van der Waals surface area contributed by atoms with Gasteiger partial charge in [0.1, 0.15) is 12.1 Å². The number of fused-ring (bicyclic) bond motifs is 1.